The van der Waals surface area contributed by atoms with E-state index < -0.39 is 0 Å². The van der Waals surface area contributed by atoms with Gasteiger partial charge in [-0.05, 0) is 6.42 Å². The van der Waals surface area contributed by atoms with E-state index in [0.717, 1.165) is 13.0 Å². The van der Waals surface area contributed by atoms with Crippen LogP contribution in [-0.4, -0.2) is 21.1 Å². The number of rotatable bonds is 4. The lowest BCUT2D eigenvalue weighted by Crippen LogP contribution is -1.97. The van der Waals surface area contributed by atoms with Gasteiger partial charge in [0.25, 0.3) is 0 Å². The number of carbonyl (C=O) groups excluding carboxylic acids is 1. The van der Waals surface area contributed by atoms with E-state index in [0.29, 0.717) is 6.42 Å². The van der Waals surface area contributed by atoms with E-state index in [1.165, 1.54) is 6.33 Å². The first-order chi connectivity index (χ1) is 4.93. The summed E-state index contributed by atoms with van der Waals surface area (Å²) in [5, 5.41) is 3.86. The van der Waals surface area contributed by atoms with Crippen LogP contribution in [0.25, 0.3) is 0 Å². The first-order valence-electron chi connectivity index (χ1n) is 3.11. The maximum atomic E-state index is 9.76. The quantitative estimate of drug-likeness (QED) is 0.557. The van der Waals surface area contributed by atoms with Crippen molar-refractivity contribution in [1.29, 1.82) is 0 Å². The van der Waals surface area contributed by atoms with Crippen molar-refractivity contribution in [3.8, 4) is 0 Å². The topological polar surface area (TPSA) is 47.8 Å². The van der Waals surface area contributed by atoms with Crippen molar-refractivity contribution in [1.82, 2.24) is 14.8 Å². The van der Waals surface area contributed by atoms with Crippen molar-refractivity contribution in [2.45, 2.75) is 19.4 Å². The van der Waals surface area contributed by atoms with Gasteiger partial charge in [0.15, 0.2) is 6.29 Å². The average molecular weight is 138 g/mol. The van der Waals surface area contributed by atoms with Crippen molar-refractivity contribution < 1.29 is 4.79 Å². The number of aromatic nitrogens is 3. The van der Waals surface area contributed by atoms with Crippen LogP contribution in [0, 0.1) is 0 Å². The second-order valence-corrected chi connectivity index (χ2v) is 1.91. The zero-order valence-corrected chi connectivity index (χ0v) is 5.53. The fourth-order valence-electron chi connectivity index (χ4n) is 0.661. The maximum Gasteiger partial charge on any atom is 0.198 e. The van der Waals surface area contributed by atoms with Crippen LogP contribution in [0.15, 0.2) is 12.7 Å². The molecule has 0 spiro atoms. The molecule has 0 aliphatic heterocycles. The molecule has 1 aromatic rings. The Kier molecular flexibility index (Phi) is 2.61. The highest BCUT2D eigenvalue weighted by atomic mass is 16.1. The third-order valence-electron chi connectivity index (χ3n) is 1.13. The van der Waals surface area contributed by atoms with Crippen LogP contribution in [0.1, 0.15) is 12.8 Å². The van der Waals surface area contributed by atoms with Gasteiger partial charge in [-0.3, -0.25) is 9.48 Å². The number of aryl methyl sites for hydroxylation is 1. The molecule has 0 bridgehead atoms. The predicted octanol–water partition coefficient (Wildman–Crippen LogP) is 0.168. The number of hydrogen-bond acceptors (Lipinski definition) is 3. The van der Waals surface area contributed by atoms with E-state index in [1.54, 1.807) is 11.0 Å². The Balaban J connectivity index is 2.21. The van der Waals surface area contributed by atoms with Crippen LogP contribution < -0.4 is 0 Å². The molecule has 0 amide bonds. The molecule has 0 N–H and O–H groups in total. The molecular formula is C6H8N3O. The zero-order chi connectivity index (χ0) is 7.23. The zero-order valence-electron chi connectivity index (χ0n) is 5.53. The standard InChI is InChI=1S/C6H8N3O/c10-4-2-1-3-9-6-7-5-8-9/h5-6H,1-3H2. The van der Waals surface area contributed by atoms with E-state index in [1.807, 2.05) is 6.29 Å². The summed E-state index contributed by atoms with van der Waals surface area (Å²) in [6.45, 7) is 0.745. The van der Waals surface area contributed by atoms with Crippen LogP contribution >= 0.6 is 0 Å². The lowest BCUT2D eigenvalue weighted by Gasteiger charge is -1.93. The molecule has 0 saturated heterocycles. The van der Waals surface area contributed by atoms with Gasteiger partial charge in [-0.15, -0.1) is 0 Å². The summed E-state index contributed by atoms with van der Waals surface area (Å²) < 4.78 is 1.69. The lowest BCUT2D eigenvalue weighted by atomic mass is 10.3. The summed E-state index contributed by atoms with van der Waals surface area (Å²) in [7, 11) is 0. The third kappa shape index (κ3) is 1.97. The second-order valence-electron chi connectivity index (χ2n) is 1.91. The van der Waals surface area contributed by atoms with Crippen LogP contribution in [0.2, 0.25) is 0 Å². The number of hydrogen-bond donors (Lipinski definition) is 0. The highest BCUT2D eigenvalue weighted by Gasteiger charge is 1.89. The number of nitrogens with zero attached hydrogens (tertiary/aromatic N) is 3. The predicted molar refractivity (Wildman–Crippen MR) is 34.9 cm³/mol. The Morgan fingerprint density at radius 2 is 2.50 bits per heavy atom. The van der Waals surface area contributed by atoms with E-state index in [4.69, 9.17) is 0 Å². The van der Waals surface area contributed by atoms with Gasteiger partial charge >= 0.3 is 0 Å². The van der Waals surface area contributed by atoms with Gasteiger partial charge in [0.2, 0.25) is 0 Å². The van der Waals surface area contributed by atoms with Crippen molar-refractivity contribution in [2.24, 2.45) is 0 Å². The molecule has 0 atom stereocenters. The SMILES string of the molecule is O=[C]CCCn1cncn1. The molecular weight excluding hydrogens is 130 g/mol. The van der Waals surface area contributed by atoms with E-state index in [2.05, 4.69) is 10.1 Å². The van der Waals surface area contributed by atoms with Gasteiger partial charge in [0, 0.05) is 13.0 Å². The fraction of sp³-hybridized carbons (Fsp3) is 0.500. The van der Waals surface area contributed by atoms with Gasteiger partial charge in [-0.2, -0.15) is 5.10 Å². The Morgan fingerprint density at radius 3 is 3.10 bits per heavy atom. The summed E-state index contributed by atoms with van der Waals surface area (Å²) in [6, 6.07) is 0. The molecule has 0 aromatic carbocycles. The first kappa shape index (κ1) is 6.92. The molecule has 4 nitrogen and oxygen atoms in total. The normalized spacial score (nSPS) is 9.60. The summed E-state index contributed by atoms with van der Waals surface area (Å²) in [6.07, 6.45) is 6.18. The van der Waals surface area contributed by atoms with Crippen molar-refractivity contribution in [2.75, 3.05) is 0 Å². The van der Waals surface area contributed by atoms with Gasteiger partial charge in [-0.1, -0.05) is 0 Å². The first-order valence-corrected chi connectivity index (χ1v) is 3.11. The largest absolute Gasteiger partial charge is 0.291 e. The van der Waals surface area contributed by atoms with Gasteiger partial charge < -0.3 is 0 Å². The molecule has 10 heavy (non-hydrogen) atoms. The minimum Gasteiger partial charge on any atom is -0.291 e. The summed E-state index contributed by atoms with van der Waals surface area (Å²) in [5.41, 5.74) is 0. The molecule has 53 valence electrons. The monoisotopic (exact) mass is 138 g/mol. The van der Waals surface area contributed by atoms with E-state index in [-0.39, 0.29) is 0 Å². The smallest absolute Gasteiger partial charge is 0.198 e. The minimum absolute atomic E-state index is 0.472. The minimum atomic E-state index is 0.472. The van der Waals surface area contributed by atoms with Gasteiger partial charge in [0.1, 0.15) is 12.7 Å². The van der Waals surface area contributed by atoms with Crippen molar-refractivity contribution in [3.05, 3.63) is 12.7 Å². The van der Waals surface area contributed by atoms with Crippen molar-refractivity contribution >= 4 is 6.29 Å². The van der Waals surface area contributed by atoms with Crippen LogP contribution in [0.4, 0.5) is 0 Å². The van der Waals surface area contributed by atoms with E-state index in [9.17, 15) is 4.79 Å². The lowest BCUT2D eigenvalue weighted by molar-refractivity contribution is 0.534. The summed E-state index contributed by atoms with van der Waals surface area (Å²) in [4.78, 5) is 13.5. The van der Waals surface area contributed by atoms with E-state index >= 15 is 0 Å². The molecule has 0 aliphatic rings. The summed E-state index contributed by atoms with van der Waals surface area (Å²) in [5.74, 6) is 0. The van der Waals surface area contributed by atoms with Crippen LogP contribution in [0.5, 0.6) is 0 Å². The molecule has 0 saturated carbocycles. The molecule has 0 unspecified atom stereocenters. The van der Waals surface area contributed by atoms with Crippen molar-refractivity contribution in [3.63, 3.8) is 0 Å². The molecule has 0 fully saturated rings. The second kappa shape index (κ2) is 3.76. The molecule has 1 aromatic heterocycles. The molecule has 1 heterocycles. The van der Waals surface area contributed by atoms with Crippen LogP contribution in [-0.2, 0) is 11.3 Å². The fourth-order valence-corrected chi connectivity index (χ4v) is 0.661. The Morgan fingerprint density at radius 1 is 1.60 bits per heavy atom. The molecule has 4 heteroatoms. The Bertz CT molecular complexity index is 183. The van der Waals surface area contributed by atoms with Gasteiger partial charge in [0.05, 0.1) is 0 Å². The third-order valence-corrected chi connectivity index (χ3v) is 1.13. The Hall–Kier alpha value is -1.19. The Labute approximate surface area is 58.9 Å². The average Bonchev–Trinajstić information content (AvgIpc) is 2.41. The molecule has 1 rings (SSSR count). The number of unbranched alkanes of at least 4 members (excludes halogenated alkanes) is 1. The van der Waals surface area contributed by atoms with Gasteiger partial charge in [-0.25, -0.2) is 4.98 Å². The highest BCUT2D eigenvalue weighted by molar-refractivity contribution is 5.50. The molecule has 0 aliphatic carbocycles. The van der Waals surface area contributed by atoms with Crippen LogP contribution in [0.3, 0.4) is 0 Å². The summed E-state index contributed by atoms with van der Waals surface area (Å²) >= 11 is 0. The maximum absolute atomic E-state index is 9.76. The molecule has 1 radical (unpaired) electrons. The highest BCUT2D eigenvalue weighted by Crippen LogP contribution is 1.88.